The van der Waals surface area contributed by atoms with E-state index in [0.29, 0.717) is 5.82 Å². The van der Waals surface area contributed by atoms with Gasteiger partial charge in [0.1, 0.15) is 0 Å². The fourth-order valence-corrected chi connectivity index (χ4v) is 11.7. The van der Waals surface area contributed by atoms with Crippen molar-refractivity contribution in [2.75, 3.05) is 0 Å². The van der Waals surface area contributed by atoms with Gasteiger partial charge in [-0.3, -0.25) is 0 Å². The summed E-state index contributed by atoms with van der Waals surface area (Å²) in [4.78, 5) is 10.5. The molecule has 0 bridgehead atoms. The van der Waals surface area contributed by atoms with E-state index in [0.717, 1.165) is 33.5 Å². The molecule has 0 atom stereocenters. The third-order valence-electron chi connectivity index (χ3n) is 13.6. The van der Waals surface area contributed by atoms with Gasteiger partial charge in [0.05, 0.1) is 16.8 Å². The molecule has 1 aliphatic rings. The van der Waals surface area contributed by atoms with Crippen molar-refractivity contribution in [2.45, 2.75) is 5.41 Å². The lowest BCUT2D eigenvalue weighted by Crippen LogP contribution is -2.28. The molecule has 0 spiro atoms. The average Bonchev–Trinajstić information content (AvgIpc) is 3.92. The standard InChI is InChI=1S/C63H40N2S/c1-4-16-43(17-5-1)62-64-58(45-33-37-61-55(39-45)53-25-13-15-27-60(53)66-61)40-59(65-62)52-35-34-48(49-22-10-11-23-50(49)52)42-30-28-41(29-31-42)44-32-36-57-54(38-44)51-24-12-14-26-56(51)63(57,46-18-6-2-7-19-46)47-20-8-3-9-21-47/h1-40H. The Bertz CT molecular complexity index is 3760. The molecule has 2 nitrogen and oxygen atoms in total. The highest BCUT2D eigenvalue weighted by molar-refractivity contribution is 7.25. The lowest BCUT2D eigenvalue weighted by Gasteiger charge is -2.33. The number of rotatable bonds is 7. The van der Waals surface area contributed by atoms with Crippen LogP contribution in [0.2, 0.25) is 0 Å². The zero-order valence-corrected chi connectivity index (χ0v) is 36.7. The van der Waals surface area contributed by atoms with E-state index in [4.69, 9.17) is 9.97 Å². The van der Waals surface area contributed by atoms with Crippen LogP contribution in [0, 0.1) is 0 Å². The molecule has 12 aromatic rings. The quantitative estimate of drug-likeness (QED) is 0.160. The van der Waals surface area contributed by atoms with Crippen LogP contribution >= 0.6 is 11.3 Å². The Balaban J connectivity index is 0.894. The van der Waals surface area contributed by atoms with E-state index in [2.05, 4.69) is 237 Å². The minimum absolute atomic E-state index is 0.409. The predicted octanol–water partition coefficient (Wildman–Crippen LogP) is 16.7. The van der Waals surface area contributed by atoms with Gasteiger partial charge in [-0.25, -0.2) is 9.97 Å². The molecule has 0 N–H and O–H groups in total. The topological polar surface area (TPSA) is 25.8 Å². The maximum absolute atomic E-state index is 5.27. The number of aromatic nitrogens is 2. The molecule has 0 saturated heterocycles. The molecular formula is C63H40N2S. The van der Waals surface area contributed by atoms with Gasteiger partial charge in [0, 0.05) is 36.9 Å². The molecule has 1 aliphatic carbocycles. The van der Waals surface area contributed by atoms with Gasteiger partial charge in [-0.1, -0.05) is 212 Å². The van der Waals surface area contributed by atoms with Gasteiger partial charge in [-0.2, -0.15) is 0 Å². The van der Waals surface area contributed by atoms with Gasteiger partial charge in [-0.15, -0.1) is 11.3 Å². The lowest BCUT2D eigenvalue weighted by atomic mass is 9.67. The molecular weight excluding hydrogens is 817 g/mol. The Morgan fingerprint density at radius 1 is 0.288 bits per heavy atom. The van der Waals surface area contributed by atoms with Crippen molar-refractivity contribution in [3.05, 3.63) is 265 Å². The van der Waals surface area contributed by atoms with E-state index in [-0.39, 0.29) is 0 Å². The molecule has 2 heterocycles. The van der Waals surface area contributed by atoms with Crippen molar-refractivity contribution < 1.29 is 0 Å². The Kier molecular flexibility index (Phi) is 8.97. The van der Waals surface area contributed by atoms with Crippen LogP contribution in [0.15, 0.2) is 243 Å². The summed E-state index contributed by atoms with van der Waals surface area (Å²) >= 11 is 1.83. The molecule has 0 aliphatic heterocycles. The molecule has 0 saturated carbocycles. The average molecular weight is 857 g/mol. The molecule has 3 heteroatoms. The van der Waals surface area contributed by atoms with Crippen molar-refractivity contribution in [1.82, 2.24) is 9.97 Å². The van der Waals surface area contributed by atoms with Crippen molar-refractivity contribution in [2.24, 2.45) is 0 Å². The largest absolute Gasteiger partial charge is 0.228 e. The first kappa shape index (κ1) is 38.2. The van der Waals surface area contributed by atoms with Crippen LogP contribution in [0.25, 0.3) is 98.2 Å². The van der Waals surface area contributed by atoms with E-state index in [1.165, 1.54) is 81.2 Å². The third-order valence-corrected chi connectivity index (χ3v) is 14.8. The first-order chi connectivity index (χ1) is 32.7. The number of nitrogens with zero attached hydrogens (tertiary/aromatic N) is 2. The van der Waals surface area contributed by atoms with E-state index in [1.54, 1.807) is 0 Å². The van der Waals surface area contributed by atoms with Crippen molar-refractivity contribution in [1.29, 1.82) is 0 Å². The van der Waals surface area contributed by atoms with Crippen LogP contribution in [0.4, 0.5) is 0 Å². The summed E-state index contributed by atoms with van der Waals surface area (Å²) in [6.07, 6.45) is 0. The molecule has 2 aromatic heterocycles. The van der Waals surface area contributed by atoms with Gasteiger partial charge in [0.2, 0.25) is 0 Å². The van der Waals surface area contributed by atoms with E-state index in [1.807, 2.05) is 17.4 Å². The maximum atomic E-state index is 5.27. The first-order valence-corrected chi connectivity index (χ1v) is 23.4. The van der Waals surface area contributed by atoms with Crippen LogP contribution in [-0.4, -0.2) is 9.97 Å². The molecule has 10 aromatic carbocycles. The van der Waals surface area contributed by atoms with Crippen LogP contribution in [0.1, 0.15) is 22.3 Å². The SMILES string of the molecule is c1ccc(-c2nc(-c3ccc4sc5ccccc5c4c3)cc(-c3ccc(-c4ccc(-c5ccc6c(c5)-c5ccccc5C6(c5ccccc5)c5ccccc5)cc4)c4ccccc34)n2)cc1. The van der Waals surface area contributed by atoms with Crippen molar-refractivity contribution in [3.8, 4) is 67.3 Å². The number of hydrogen-bond acceptors (Lipinski definition) is 3. The molecule has 308 valence electrons. The van der Waals surface area contributed by atoms with E-state index < -0.39 is 5.41 Å². The second kappa shape index (κ2) is 15.5. The first-order valence-electron chi connectivity index (χ1n) is 22.6. The second-order valence-corrected chi connectivity index (χ2v) is 18.3. The fourth-order valence-electron chi connectivity index (χ4n) is 10.6. The Hall–Kier alpha value is -8.24. The Labute approximate surface area is 387 Å². The number of fused-ring (bicyclic) bond motifs is 7. The fraction of sp³-hybridized carbons (Fsp3) is 0.0159. The van der Waals surface area contributed by atoms with Gasteiger partial charge >= 0.3 is 0 Å². The van der Waals surface area contributed by atoms with Gasteiger partial charge in [0.15, 0.2) is 5.82 Å². The minimum atomic E-state index is -0.409. The highest BCUT2D eigenvalue weighted by Gasteiger charge is 2.46. The molecule has 66 heavy (non-hydrogen) atoms. The normalized spacial score (nSPS) is 12.7. The van der Waals surface area contributed by atoms with Crippen LogP contribution in [-0.2, 0) is 5.41 Å². The Morgan fingerprint density at radius 2 is 0.833 bits per heavy atom. The highest BCUT2D eigenvalue weighted by atomic mass is 32.1. The summed E-state index contributed by atoms with van der Waals surface area (Å²) in [5, 5.41) is 4.87. The van der Waals surface area contributed by atoms with E-state index >= 15 is 0 Å². The maximum Gasteiger partial charge on any atom is 0.160 e. The Morgan fingerprint density at radius 3 is 1.59 bits per heavy atom. The molecule has 13 rings (SSSR count). The van der Waals surface area contributed by atoms with E-state index in [9.17, 15) is 0 Å². The summed E-state index contributed by atoms with van der Waals surface area (Å²) in [6.45, 7) is 0. The summed E-state index contributed by atoms with van der Waals surface area (Å²) in [5.74, 6) is 0.711. The smallest absolute Gasteiger partial charge is 0.160 e. The van der Waals surface area contributed by atoms with Gasteiger partial charge < -0.3 is 0 Å². The summed E-state index contributed by atoms with van der Waals surface area (Å²) in [7, 11) is 0. The van der Waals surface area contributed by atoms with Crippen molar-refractivity contribution >= 4 is 42.3 Å². The minimum Gasteiger partial charge on any atom is -0.228 e. The number of thiophene rings is 1. The van der Waals surface area contributed by atoms with Crippen molar-refractivity contribution in [3.63, 3.8) is 0 Å². The summed E-state index contributed by atoms with van der Waals surface area (Å²) in [5.41, 5.74) is 17.0. The van der Waals surface area contributed by atoms with Gasteiger partial charge in [0.25, 0.3) is 0 Å². The zero-order chi connectivity index (χ0) is 43.6. The highest BCUT2D eigenvalue weighted by Crippen LogP contribution is 2.56. The summed E-state index contributed by atoms with van der Waals surface area (Å²) in [6, 6.07) is 88.2. The molecule has 0 fully saturated rings. The second-order valence-electron chi connectivity index (χ2n) is 17.2. The monoisotopic (exact) mass is 856 g/mol. The number of hydrogen-bond donors (Lipinski definition) is 0. The van der Waals surface area contributed by atoms with Gasteiger partial charge in [-0.05, 0) is 96.7 Å². The lowest BCUT2D eigenvalue weighted by molar-refractivity contribution is 0.768. The van der Waals surface area contributed by atoms with Crippen LogP contribution < -0.4 is 0 Å². The molecule has 0 radical (unpaired) electrons. The molecule has 0 amide bonds. The third kappa shape index (κ3) is 6.09. The van der Waals surface area contributed by atoms with Crippen LogP contribution in [0.3, 0.4) is 0 Å². The predicted molar refractivity (Wildman–Crippen MR) is 277 cm³/mol. The number of benzene rings is 10. The summed E-state index contributed by atoms with van der Waals surface area (Å²) < 4.78 is 2.57. The molecule has 0 unspecified atom stereocenters. The van der Waals surface area contributed by atoms with Crippen LogP contribution in [0.5, 0.6) is 0 Å². The zero-order valence-electron chi connectivity index (χ0n) is 35.9.